The van der Waals surface area contributed by atoms with Crippen molar-refractivity contribution in [3.63, 3.8) is 0 Å². The van der Waals surface area contributed by atoms with Gasteiger partial charge in [-0.15, -0.1) is 0 Å². The third-order valence-electron chi connectivity index (χ3n) is 12.3. The molecule has 0 fully saturated rings. The third-order valence-corrected chi connectivity index (χ3v) is 12.3. The second kappa shape index (κ2) is 17.6. The predicted octanol–water partition coefficient (Wildman–Crippen LogP) is 16.8. The minimum atomic E-state index is -0.0591. The average Bonchev–Trinajstić information content (AvgIpc) is 3.37. The quantitative estimate of drug-likeness (QED) is 0.128. The molecule has 63 heavy (non-hydrogen) atoms. The van der Waals surface area contributed by atoms with Crippen molar-refractivity contribution in [2.45, 2.75) is 18.8 Å². The SMILES string of the molecule is CC1(c2ccccc2)C=CC(N(c2ccc(-c3ccccc3)cc2)c2ccc(-c3ccc(N(c4ccc(-c5ccccc5)cc4)c4ccc(-c5ccccc5)cc4)cc3)cc2)=CC1. The van der Waals surface area contributed by atoms with Crippen molar-refractivity contribution in [2.75, 3.05) is 9.80 Å². The minimum absolute atomic E-state index is 0.0591. The predicted molar refractivity (Wildman–Crippen MR) is 267 cm³/mol. The van der Waals surface area contributed by atoms with Gasteiger partial charge in [0.25, 0.3) is 0 Å². The summed E-state index contributed by atoms with van der Waals surface area (Å²) in [6, 6.07) is 87.2. The normalized spacial score (nSPS) is 14.5. The Balaban J connectivity index is 0.954. The summed E-state index contributed by atoms with van der Waals surface area (Å²) >= 11 is 0. The Morgan fingerprint density at radius 1 is 0.302 bits per heavy atom. The number of allylic oxidation sites excluding steroid dienone is 3. The van der Waals surface area contributed by atoms with E-state index in [-0.39, 0.29) is 5.41 Å². The molecule has 0 spiro atoms. The van der Waals surface area contributed by atoms with Gasteiger partial charge >= 0.3 is 0 Å². The molecule has 2 heteroatoms. The molecule has 0 radical (unpaired) electrons. The summed E-state index contributed by atoms with van der Waals surface area (Å²) < 4.78 is 0. The summed E-state index contributed by atoms with van der Waals surface area (Å²) in [7, 11) is 0. The average molecular weight is 809 g/mol. The van der Waals surface area contributed by atoms with Crippen LogP contribution in [0.3, 0.4) is 0 Å². The molecule has 0 aromatic heterocycles. The van der Waals surface area contributed by atoms with Gasteiger partial charge in [0, 0.05) is 39.5 Å². The van der Waals surface area contributed by atoms with E-state index in [1.807, 2.05) is 0 Å². The van der Waals surface area contributed by atoms with Crippen LogP contribution in [0.25, 0.3) is 44.5 Å². The largest absolute Gasteiger partial charge is 0.311 e. The van der Waals surface area contributed by atoms with E-state index >= 15 is 0 Å². The molecule has 0 amide bonds. The molecule has 0 saturated heterocycles. The molecule has 9 aromatic carbocycles. The van der Waals surface area contributed by atoms with Gasteiger partial charge in [-0.05, 0) is 123 Å². The van der Waals surface area contributed by atoms with Crippen LogP contribution < -0.4 is 9.80 Å². The van der Waals surface area contributed by atoms with Crippen LogP contribution in [0.15, 0.2) is 267 Å². The van der Waals surface area contributed by atoms with Crippen molar-refractivity contribution in [3.8, 4) is 44.5 Å². The van der Waals surface area contributed by atoms with Crippen molar-refractivity contribution < 1.29 is 0 Å². The molecule has 1 aliphatic carbocycles. The summed E-state index contributed by atoms with van der Waals surface area (Å²) in [6.07, 6.45) is 7.97. The van der Waals surface area contributed by atoms with Crippen LogP contribution in [0, 0.1) is 0 Å². The molecule has 0 aliphatic heterocycles. The van der Waals surface area contributed by atoms with Crippen molar-refractivity contribution in [3.05, 3.63) is 272 Å². The number of benzene rings is 9. The van der Waals surface area contributed by atoms with Gasteiger partial charge in [0.2, 0.25) is 0 Å². The van der Waals surface area contributed by atoms with Crippen LogP contribution in [-0.4, -0.2) is 0 Å². The smallest absolute Gasteiger partial charge is 0.0462 e. The highest BCUT2D eigenvalue weighted by molar-refractivity contribution is 5.82. The molecular formula is C61H48N2. The zero-order chi connectivity index (χ0) is 42.4. The lowest BCUT2D eigenvalue weighted by Crippen LogP contribution is -2.24. The molecule has 2 nitrogen and oxygen atoms in total. The topological polar surface area (TPSA) is 6.48 Å². The number of nitrogens with zero attached hydrogens (tertiary/aromatic N) is 2. The third kappa shape index (κ3) is 8.40. The molecule has 0 saturated carbocycles. The Morgan fingerprint density at radius 2 is 0.571 bits per heavy atom. The number of hydrogen-bond donors (Lipinski definition) is 0. The van der Waals surface area contributed by atoms with Gasteiger partial charge in [-0.1, -0.05) is 201 Å². The second-order valence-electron chi connectivity index (χ2n) is 16.5. The van der Waals surface area contributed by atoms with E-state index in [0.717, 1.165) is 34.9 Å². The molecule has 1 unspecified atom stereocenters. The number of hydrogen-bond acceptors (Lipinski definition) is 2. The monoisotopic (exact) mass is 808 g/mol. The minimum Gasteiger partial charge on any atom is -0.311 e. The molecule has 0 bridgehead atoms. The Kier molecular flexibility index (Phi) is 10.9. The van der Waals surface area contributed by atoms with E-state index in [0.29, 0.717) is 0 Å². The Morgan fingerprint density at radius 3 is 0.857 bits per heavy atom. The fraction of sp³-hybridized carbons (Fsp3) is 0.0492. The first-order chi connectivity index (χ1) is 31.1. The molecule has 10 rings (SSSR count). The first-order valence-electron chi connectivity index (χ1n) is 21.8. The van der Waals surface area contributed by atoms with Gasteiger partial charge in [-0.3, -0.25) is 0 Å². The maximum atomic E-state index is 2.39. The van der Waals surface area contributed by atoms with Crippen LogP contribution in [0.4, 0.5) is 28.4 Å². The Labute approximate surface area is 372 Å². The lowest BCUT2D eigenvalue weighted by molar-refractivity contribution is 0.595. The van der Waals surface area contributed by atoms with Crippen molar-refractivity contribution in [1.82, 2.24) is 0 Å². The number of rotatable bonds is 11. The summed E-state index contributed by atoms with van der Waals surface area (Å²) in [5.41, 5.74) is 17.5. The van der Waals surface area contributed by atoms with Crippen LogP contribution >= 0.6 is 0 Å². The molecule has 0 N–H and O–H groups in total. The van der Waals surface area contributed by atoms with Gasteiger partial charge in [0.15, 0.2) is 0 Å². The van der Waals surface area contributed by atoms with Crippen molar-refractivity contribution in [2.24, 2.45) is 0 Å². The first kappa shape index (κ1) is 39.2. The lowest BCUT2D eigenvalue weighted by Gasteiger charge is -2.33. The van der Waals surface area contributed by atoms with Gasteiger partial charge in [-0.2, -0.15) is 0 Å². The van der Waals surface area contributed by atoms with Gasteiger partial charge in [0.1, 0.15) is 0 Å². The highest BCUT2D eigenvalue weighted by Gasteiger charge is 2.27. The van der Waals surface area contributed by atoms with Crippen LogP contribution in [0.5, 0.6) is 0 Å². The molecule has 1 atom stereocenters. The summed E-state index contributed by atoms with van der Waals surface area (Å²) in [6.45, 7) is 2.33. The van der Waals surface area contributed by atoms with E-state index in [9.17, 15) is 0 Å². The van der Waals surface area contributed by atoms with E-state index in [4.69, 9.17) is 0 Å². The standard InChI is InChI=1S/C61H48N2/c1-61(54-20-12-5-13-21-54)44-42-60(43-45-61)63(58-36-26-51(27-37-58)48-18-10-4-11-19-48)59-40-30-53(31-41-59)52-28-38-57(39-29-52)62(55-32-22-49(23-33-55)46-14-6-2-7-15-46)56-34-24-50(25-35-56)47-16-8-3-9-17-47/h2-44H,45H2,1H3. The summed E-state index contributed by atoms with van der Waals surface area (Å²) in [5, 5.41) is 0. The zero-order valence-corrected chi connectivity index (χ0v) is 35.4. The lowest BCUT2D eigenvalue weighted by atomic mass is 9.77. The van der Waals surface area contributed by atoms with Gasteiger partial charge in [-0.25, -0.2) is 0 Å². The van der Waals surface area contributed by atoms with Crippen molar-refractivity contribution >= 4 is 28.4 Å². The van der Waals surface area contributed by atoms with E-state index < -0.39 is 0 Å². The first-order valence-corrected chi connectivity index (χ1v) is 21.8. The highest BCUT2D eigenvalue weighted by atomic mass is 15.1. The second-order valence-corrected chi connectivity index (χ2v) is 16.5. The van der Waals surface area contributed by atoms with Gasteiger partial charge in [0.05, 0.1) is 0 Å². The molecule has 0 heterocycles. The molecule has 302 valence electrons. The maximum Gasteiger partial charge on any atom is 0.0462 e. The van der Waals surface area contributed by atoms with Crippen LogP contribution in [-0.2, 0) is 5.41 Å². The van der Waals surface area contributed by atoms with Gasteiger partial charge < -0.3 is 9.80 Å². The summed E-state index contributed by atoms with van der Waals surface area (Å²) in [4.78, 5) is 4.72. The van der Waals surface area contributed by atoms with Crippen molar-refractivity contribution in [1.29, 1.82) is 0 Å². The molecular weight excluding hydrogens is 761 g/mol. The molecule has 9 aromatic rings. The Hall–Kier alpha value is -7.94. The highest BCUT2D eigenvalue weighted by Crippen LogP contribution is 2.41. The van der Waals surface area contributed by atoms with E-state index in [1.165, 1.54) is 55.8 Å². The Bertz CT molecular complexity index is 2870. The fourth-order valence-corrected chi connectivity index (χ4v) is 8.72. The fourth-order valence-electron chi connectivity index (χ4n) is 8.72. The van der Waals surface area contributed by atoms with E-state index in [1.54, 1.807) is 0 Å². The maximum absolute atomic E-state index is 2.39. The molecule has 1 aliphatic rings. The van der Waals surface area contributed by atoms with E-state index in [2.05, 4.69) is 278 Å². The zero-order valence-electron chi connectivity index (χ0n) is 35.4. The summed E-state index contributed by atoms with van der Waals surface area (Å²) in [5.74, 6) is 0. The van der Waals surface area contributed by atoms with Crippen LogP contribution in [0.1, 0.15) is 18.9 Å². The van der Waals surface area contributed by atoms with Crippen LogP contribution in [0.2, 0.25) is 0 Å². The number of anilines is 5.